The minimum absolute atomic E-state index is 0.0359. The lowest BCUT2D eigenvalue weighted by Crippen LogP contribution is -2.50. The van der Waals surface area contributed by atoms with Gasteiger partial charge < -0.3 is 11.1 Å². The van der Waals surface area contributed by atoms with E-state index in [1.54, 1.807) is 13.8 Å². The summed E-state index contributed by atoms with van der Waals surface area (Å²) in [5, 5.41) is 2.54. The molecule has 0 spiro atoms. The first-order valence-corrected chi connectivity index (χ1v) is 5.26. The lowest BCUT2D eigenvalue weighted by Gasteiger charge is -2.19. The average Bonchev–Trinajstić information content (AvgIpc) is 2.10. The summed E-state index contributed by atoms with van der Waals surface area (Å²) >= 11 is 0. The Morgan fingerprint density at radius 1 is 1.27 bits per heavy atom. The molecule has 0 saturated carbocycles. The van der Waals surface area contributed by atoms with Crippen LogP contribution in [0.1, 0.15) is 34.6 Å². The van der Waals surface area contributed by atoms with Crippen molar-refractivity contribution in [2.24, 2.45) is 17.6 Å². The molecular formula is C11H22N2O2. The lowest BCUT2D eigenvalue weighted by atomic mass is 9.93. The quantitative estimate of drug-likeness (QED) is 0.707. The van der Waals surface area contributed by atoms with E-state index in [0.717, 1.165) is 0 Å². The number of carbonyl (C=O) groups is 2. The maximum Gasteiger partial charge on any atom is 0.239 e. The van der Waals surface area contributed by atoms with Gasteiger partial charge in [0, 0.05) is 5.92 Å². The molecule has 0 radical (unpaired) electrons. The van der Waals surface area contributed by atoms with Crippen molar-refractivity contribution in [1.82, 2.24) is 5.32 Å². The van der Waals surface area contributed by atoms with Gasteiger partial charge in [-0.3, -0.25) is 9.59 Å². The van der Waals surface area contributed by atoms with Crippen LogP contribution in [0.2, 0.25) is 0 Å². The van der Waals surface area contributed by atoms with E-state index in [2.05, 4.69) is 5.32 Å². The average molecular weight is 214 g/mol. The molecule has 0 aliphatic rings. The van der Waals surface area contributed by atoms with Gasteiger partial charge in [-0.25, -0.2) is 0 Å². The summed E-state index contributed by atoms with van der Waals surface area (Å²) in [5.74, 6) is 0.000816. The number of hydrogen-bond acceptors (Lipinski definition) is 3. The van der Waals surface area contributed by atoms with E-state index in [4.69, 9.17) is 5.73 Å². The van der Waals surface area contributed by atoms with Gasteiger partial charge in [0.15, 0.2) is 5.78 Å². The molecule has 0 fully saturated rings. The molecule has 1 unspecified atom stereocenters. The van der Waals surface area contributed by atoms with Gasteiger partial charge in [0.1, 0.15) is 0 Å². The third kappa shape index (κ3) is 4.93. The molecule has 4 nitrogen and oxygen atoms in total. The second kappa shape index (κ2) is 5.26. The van der Waals surface area contributed by atoms with Gasteiger partial charge in [-0.2, -0.15) is 0 Å². The molecule has 0 heterocycles. The standard InChI is InChI=1S/C11H22N2O2/c1-7(2)8(3)9(14)6-13-10(15)11(4,5)12/h7-8H,6,12H2,1-5H3,(H,13,15). The fourth-order valence-corrected chi connectivity index (χ4v) is 0.928. The molecular weight excluding hydrogens is 192 g/mol. The molecule has 1 amide bonds. The van der Waals surface area contributed by atoms with Crippen LogP contribution in [0, 0.1) is 11.8 Å². The molecule has 15 heavy (non-hydrogen) atoms. The minimum Gasteiger partial charge on any atom is -0.347 e. The van der Waals surface area contributed by atoms with Crippen molar-refractivity contribution in [3.8, 4) is 0 Å². The highest BCUT2D eigenvalue weighted by Gasteiger charge is 2.23. The number of amides is 1. The van der Waals surface area contributed by atoms with Crippen LogP contribution in [0.5, 0.6) is 0 Å². The molecule has 0 aliphatic heterocycles. The zero-order valence-electron chi connectivity index (χ0n) is 10.3. The summed E-state index contributed by atoms with van der Waals surface area (Å²) in [6, 6.07) is 0. The summed E-state index contributed by atoms with van der Waals surface area (Å²) in [5.41, 5.74) is 4.65. The third-order valence-electron chi connectivity index (χ3n) is 2.52. The summed E-state index contributed by atoms with van der Waals surface area (Å²) in [6.45, 7) is 9.12. The maximum absolute atomic E-state index is 11.6. The van der Waals surface area contributed by atoms with Gasteiger partial charge >= 0.3 is 0 Å². The SMILES string of the molecule is CC(C)C(C)C(=O)CNC(=O)C(C)(C)N. The maximum atomic E-state index is 11.6. The third-order valence-corrected chi connectivity index (χ3v) is 2.52. The molecule has 0 rings (SSSR count). The second-order valence-corrected chi connectivity index (χ2v) is 4.90. The van der Waals surface area contributed by atoms with Crippen LogP contribution in [0.25, 0.3) is 0 Å². The molecule has 1 atom stereocenters. The Labute approximate surface area is 91.6 Å². The first-order chi connectivity index (χ1) is 6.66. The number of hydrogen-bond donors (Lipinski definition) is 2. The van der Waals surface area contributed by atoms with Crippen LogP contribution < -0.4 is 11.1 Å². The van der Waals surface area contributed by atoms with Gasteiger partial charge in [-0.05, 0) is 19.8 Å². The van der Waals surface area contributed by atoms with Crippen molar-refractivity contribution < 1.29 is 9.59 Å². The molecule has 0 aliphatic carbocycles. The van der Waals surface area contributed by atoms with Crippen molar-refractivity contribution in [2.75, 3.05) is 6.54 Å². The van der Waals surface area contributed by atoms with Crippen LogP contribution in [-0.2, 0) is 9.59 Å². The molecule has 3 N–H and O–H groups in total. The van der Waals surface area contributed by atoms with Crippen molar-refractivity contribution in [3.05, 3.63) is 0 Å². The predicted octanol–water partition coefficient (Wildman–Crippen LogP) is 0.701. The number of nitrogens with one attached hydrogen (secondary N) is 1. The Hall–Kier alpha value is -0.900. The lowest BCUT2D eigenvalue weighted by molar-refractivity contribution is -0.129. The van der Waals surface area contributed by atoms with Crippen LogP contribution in [0.3, 0.4) is 0 Å². The minimum atomic E-state index is -0.929. The van der Waals surface area contributed by atoms with Gasteiger partial charge in [0.05, 0.1) is 12.1 Å². The van der Waals surface area contributed by atoms with Crippen LogP contribution >= 0.6 is 0 Å². The summed E-state index contributed by atoms with van der Waals surface area (Å²) < 4.78 is 0. The molecule has 0 aromatic rings. The van der Waals surface area contributed by atoms with Gasteiger partial charge in [0.25, 0.3) is 0 Å². The number of nitrogens with two attached hydrogens (primary N) is 1. The second-order valence-electron chi connectivity index (χ2n) is 4.90. The van der Waals surface area contributed by atoms with Crippen molar-refractivity contribution in [2.45, 2.75) is 40.2 Å². The molecule has 0 aromatic heterocycles. The molecule has 4 heteroatoms. The Kier molecular flexibility index (Phi) is 4.94. The van der Waals surface area contributed by atoms with Gasteiger partial charge in [-0.1, -0.05) is 20.8 Å². The monoisotopic (exact) mass is 214 g/mol. The molecule has 0 aromatic carbocycles. The normalized spacial score (nSPS) is 13.8. The Balaban J connectivity index is 4.08. The van der Waals surface area contributed by atoms with E-state index in [1.165, 1.54) is 0 Å². The summed E-state index contributed by atoms with van der Waals surface area (Å²) in [7, 11) is 0. The highest BCUT2D eigenvalue weighted by atomic mass is 16.2. The van der Waals surface area contributed by atoms with E-state index in [1.807, 2.05) is 20.8 Å². The highest BCUT2D eigenvalue weighted by molar-refractivity contribution is 5.90. The van der Waals surface area contributed by atoms with E-state index in [0.29, 0.717) is 5.92 Å². The first kappa shape index (κ1) is 14.1. The topological polar surface area (TPSA) is 72.2 Å². The smallest absolute Gasteiger partial charge is 0.239 e. The van der Waals surface area contributed by atoms with Crippen LogP contribution in [-0.4, -0.2) is 23.8 Å². The van der Waals surface area contributed by atoms with E-state index < -0.39 is 5.54 Å². The first-order valence-electron chi connectivity index (χ1n) is 5.26. The summed E-state index contributed by atoms with van der Waals surface area (Å²) in [6.07, 6.45) is 0. The van der Waals surface area contributed by atoms with Crippen molar-refractivity contribution in [3.63, 3.8) is 0 Å². The number of Topliss-reactive ketones (excluding diaryl/α,β-unsaturated/α-hetero) is 1. The van der Waals surface area contributed by atoms with E-state index in [9.17, 15) is 9.59 Å². The molecule has 88 valence electrons. The fraction of sp³-hybridized carbons (Fsp3) is 0.818. The fourth-order valence-electron chi connectivity index (χ4n) is 0.928. The Morgan fingerprint density at radius 3 is 2.07 bits per heavy atom. The molecule has 0 saturated heterocycles. The van der Waals surface area contributed by atoms with Crippen LogP contribution in [0.15, 0.2) is 0 Å². The zero-order chi connectivity index (χ0) is 12.2. The summed E-state index contributed by atoms with van der Waals surface area (Å²) in [4.78, 5) is 22.9. The van der Waals surface area contributed by atoms with Crippen molar-refractivity contribution in [1.29, 1.82) is 0 Å². The number of carbonyl (C=O) groups excluding carboxylic acids is 2. The number of rotatable bonds is 5. The Morgan fingerprint density at radius 2 is 1.73 bits per heavy atom. The number of ketones is 1. The van der Waals surface area contributed by atoms with Gasteiger partial charge in [-0.15, -0.1) is 0 Å². The highest BCUT2D eigenvalue weighted by Crippen LogP contribution is 2.10. The van der Waals surface area contributed by atoms with Gasteiger partial charge in [0.2, 0.25) is 5.91 Å². The zero-order valence-corrected chi connectivity index (χ0v) is 10.3. The van der Waals surface area contributed by atoms with Crippen molar-refractivity contribution >= 4 is 11.7 Å². The van der Waals surface area contributed by atoms with E-state index in [-0.39, 0.29) is 24.2 Å². The van der Waals surface area contributed by atoms with Crippen LogP contribution in [0.4, 0.5) is 0 Å². The predicted molar refractivity (Wildman–Crippen MR) is 60.3 cm³/mol. The molecule has 0 bridgehead atoms. The Bertz CT molecular complexity index is 241. The largest absolute Gasteiger partial charge is 0.347 e. The van der Waals surface area contributed by atoms with E-state index >= 15 is 0 Å².